The van der Waals surface area contributed by atoms with E-state index in [9.17, 15) is 9.59 Å². The lowest BCUT2D eigenvalue weighted by Gasteiger charge is -2.40. The van der Waals surface area contributed by atoms with E-state index in [0.717, 1.165) is 64.8 Å². The van der Waals surface area contributed by atoms with E-state index in [4.69, 9.17) is 0 Å². The first kappa shape index (κ1) is 13.6. The second kappa shape index (κ2) is 4.70. The average Bonchev–Trinajstić information content (AvgIpc) is 3.06. The Morgan fingerprint density at radius 3 is 2.76 bits per heavy atom. The van der Waals surface area contributed by atoms with Gasteiger partial charge in [0.15, 0.2) is 0 Å². The summed E-state index contributed by atoms with van der Waals surface area (Å²) >= 11 is 0. The smallest absolute Gasteiger partial charge is 0.226 e. The van der Waals surface area contributed by atoms with Crippen molar-refractivity contribution in [3.8, 4) is 0 Å². The van der Waals surface area contributed by atoms with Gasteiger partial charge in [0.25, 0.3) is 0 Å². The third-order valence-electron chi connectivity index (χ3n) is 6.26. The lowest BCUT2D eigenvalue weighted by atomic mass is 9.79. The summed E-state index contributed by atoms with van der Waals surface area (Å²) in [5, 5.41) is 6.35. The number of nitrogens with zero attached hydrogens (tertiary/aromatic N) is 1. The van der Waals surface area contributed by atoms with E-state index in [2.05, 4.69) is 15.5 Å². The number of rotatable bonds is 1. The van der Waals surface area contributed by atoms with E-state index in [1.165, 1.54) is 0 Å². The highest BCUT2D eigenvalue weighted by molar-refractivity contribution is 5.83. The van der Waals surface area contributed by atoms with Crippen molar-refractivity contribution in [1.29, 1.82) is 0 Å². The molecule has 5 nitrogen and oxygen atoms in total. The fourth-order valence-electron chi connectivity index (χ4n) is 4.83. The molecule has 0 aromatic heterocycles. The molecule has 4 fully saturated rings. The molecule has 3 saturated heterocycles. The molecule has 0 aromatic carbocycles. The van der Waals surface area contributed by atoms with Gasteiger partial charge >= 0.3 is 0 Å². The van der Waals surface area contributed by atoms with Crippen molar-refractivity contribution in [3.63, 3.8) is 0 Å². The summed E-state index contributed by atoms with van der Waals surface area (Å²) in [6, 6.07) is 0. The van der Waals surface area contributed by atoms with Gasteiger partial charge in [-0.1, -0.05) is 0 Å². The highest BCUT2D eigenvalue weighted by Crippen LogP contribution is 2.59. The molecular weight excluding hydrogens is 266 g/mol. The fourth-order valence-corrected chi connectivity index (χ4v) is 4.83. The first-order chi connectivity index (χ1) is 10.1. The van der Waals surface area contributed by atoms with Gasteiger partial charge in [-0.25, -0.2) is 0 Å². The molecule has 116 valence electrons. The van der Waals surface area contributed by atoms with Crippen LogP contribution in [-0.4, -0.2) is 49.4 Å². The number of carbonyl (C=O) groups excluding carboxylic acids is 2. The summed E-state index contributed by atoms with van der Waals surface area (Å²) in [7, 11) is 0. The van der Waals surface area contributed by atoms with Gasteiger partial charge in [-0.05, 0) is 50.6 Å². The molecule has 1 aliphatic carbocycles. The van der Waals surface area contributed by atoms with Crippen LogP contribution >= 0.6 is 0 Å². The maximum Gasteiger partial charge on any atom is 0.226 e. The topological polar surface area (TPSA) is 61.4 Å². The Hall–Kier alpha value is -1.10. The molecule has 3 aliphatic heterocycles. The molecule has 5 heteroatoms. The number of likely N-dealkylation sites (tertiary alicyclic amines) is 1. The fraction of sp³-hybridized carbons (Fsp3) is 0.875. The van der Waals surface area contributed by atoms with Gasteiger partial charge in [0.2, 0.25) is 11.8 Å². The number of amides is 2. The van der Waals surface area contributed by atoms with Crippen molar-refractivity contribution in [2.24, 2.45) is 16.7 Å². The molecule has 2 unspecified atom stereocenters. The Bertz CT molecular complexity index is 472. The van der Waals surface area contributed by atoms with E-state index >= 15 is 0 Å². The Kier molecular flexibility index (Phi) is 3.03. The Morgan fingerprint density at radius 1 is 1.24 bits per heavy atom. The molecule has 0 radical (unpaired) electrons. The van der Waals surface area contributed by atoms with Crippen molar-refractivity contribution >= 4 is 11.8 Å². The van der Waals surface area contributed by atoms with Crippen LogP contribution in [0, 0.1) is 16.7 Å². The zero-order valence-corrected chi connectivity index (χ0v) is 12.6. The number of hydrogen-bond donors (Lipinski definition) is 2. The van der Waals surface area contributed by atoms with Crippen LogP contribution in [0.15, 0.2) is 0 Å². The van der Waals surface area contributed by atoms with Crippen molar-refractivity contribution in [3.05, 3.63) is 0 Å². The molecule has 2 N–H and O–H groups in total. The van der Waals surface area contributed by atoms with E-state index in [-0.39, 0.29) is 17.2 Å². The minimum absolute atomic E-state index is 0.0289. The maximum atomic E-state index is 12.9. The van der Waals surface area contributed by atoms with Gasteiger partial charge in [-0.3, -0.25) is 9.59 Å². The van der Waals surface area contributed by atoms with E-state index < -0.39 is 0 Å². The quantitative estimate of drug-likeness (QED) is 0.740. The average molecular weight is 291 g/mol. The van der Waals surface area contributed by atoms with Gasteiger partial charge in [0, 0.05) is 37.4 Å². The van der Waals surface area contributed by atoms with Gasteiger partial charge < -0.3 is 15.5 Å². The lowest BCUT2D eigenvalue weighted by Crippen LogP contribution is -2.48. The van der Waals surface area contributed by atoms with E-state index in [1.807, 2.05) is 0 Å². The second-order valence-corrected chi connectivity index (χ2v) is 7.69. The number of nitrogens with one attached hydrogen (secondary N) is 2. The van der Waals surface area contributed by atoms with Gasteiger partial charge in [0.05, 0.1) is 0 Å². The first-order valence-corrected chi connectivity index (χ1v) is 8.39. The summed E-state index contributed by atoms with van der Waals surface area (Å²) in [6.07, 6.45) is 6.13. The maximum absolute atomic E-state index is 12.9. The van der Waals surface area contributed by atoms with Crippen LogP contribution in [0.3, 0.4) is 0 Å². The zero-order chi connectivity index (χ0) is 14.5. The van der Waals surface area contributed by atoms with Crippen LogP contribution in [0.5, 0.6) is 0 Å². The number of carbonyl (C=O) groups is 2. The second-order valence-electron chi connectivity index (χ2n) is 7.69. The minimum atomic E-state index is 0.0289. The Balaban J connectivity index is 1.42. The summed E-state index contributed by atoms with van der Waals surface area (Å²) in [5.74, 6) is 0.792. The third-order valence-corrected chi connectivity index (χ3v) is 6.26. The predicted molar refractivity (Wildman–Crippen MR) is 78.5 cm³/mol. The molecule has 0 bridgehead atoms. The van der Waals surface area contributed by atoms with Crippen LogP contribution in [0.1, 0.15) is 38.5 Å². The molecule has 2 spiro atoms. The highest BCUT2D eigenvalue weighted by atomic mass is 16.2. The summed E-state index contributed by atoms with van der Waals surface area (Å²) in [4.78, 5) is 26.5. The van der Waals surface area contributed by atoms with E-state index in [0.29, 0.717) is 17.7 Å². The van der Waals surface area contributed by atoms with Gasteiger partial charge in [0.1, 0.15) is 0 Å². The van der Waals surface area contributed by atoms with Crippen LogP contribution in [0.25, 0.3) is 0 Å². The normalized spacial score (nSPS) is 37.8. The van der Waals surface area contributed by atoms with Crippen molar-refractivity contribution < 1.29 is 9.59 Å². The van der Waals surface area contributed by atoms with Crippen LogP contribution in [-0.2, 0) is 9.59 Å². The molecule has 2 atom stereocenters. The number of piperidine rings is 2. The molecule has 1 saturated carbocycles. The van der Waals surface area contributed by atoms with Gasteiger partial charge in [-0.2, -0.15) is 0 Å². The predicted octanol–water partition coefficient (Wildman–Crippen LogP) is 0.505. The molecule has 0 aromatic rings. The molecule has 4 aliphatic rings. The first-order valence-electron chi connectivity index (χ1n) is 8.39. The third kappa shape index (κ3) is 2.26. The zero-order valence-electron chi connectivity index (χ0n) is 12.6. The lowest BCUT2D eigenvalue weighted by molar-refractivity contribution is -0.137. The standard InChI is InChI=1S/C16H25N3O2/c20-13-9-15(10-18-13)2-1-7-19(11-15)14(21)12-8-16(12)3-5-17-6-4-16/h12,17H,1-11H2,(H,18,20). The highest BCUT2D eigenvalue weighted by Gasteiger charge is 2.59. The summed E-state index contributed by atoms with van der Waals surface area (Å²) < 4.78 is 0. The monoisotopic (exact) mass is 291 g/mol. The molecule has 3 heterocycles. The summed E-state index contributed by atoms with van der Waals surface area (Å²) in [5.41, 5.74) is 0.345. The number of hydrogen-bond acceptors (Lipinski definition) is 3. The van der Waals surface area contributed by atoms with Crippen molar-refractivity contribution in [2.75, 3.05) is 32.7 Å². The SMILES string of the molecule is O=C1CC2(CCCN(C(=O)C3CC34CCNCC4)C2)CN1. The molecular formula is C16H25N3O2. The molecule has 2 amide bonds. The van der Waals surface area contributed by atoms with Crippen LogP contribution in [0.4, 0.5) is 0 Å². The summed E-state index contributed by atoms with van der Waals surface area (Å²) in [6.45, 7) is 4.56. The van der Waals surface area contributed by atoms with Crippen molar-refractivity contribution in [1.82, 2.24) is 15.5 Å². The minimum Gasteiger partial charge on any atom is -0.355 e. The van der Waals surface area contributed by atoms with E-state index in [1.54, 1.807) is 0 Å². The Morgan fingerprint density at radius 2 is 2.05 bits per heavy atom. The molecule has 4 rings (SSSR count). The Labute approximate surface area is 125 Å². The largest absolute Gasteiger partial charge is 0.355 e. The van der Waals surface area contributed by atoms with Crippen LogP contribution in [0.2, 0.25) is 0 Å². The van der Waals surface area contributed by atoms with Crippen LogP contribution < -0.4 is 10.6 Å². The van der Waals surface area contributed by atoms with Crippen molar-refractivity contribution in [2.45, 2.75) is 38.5 Å². The molecule has 21 heavy (non-hydrogen) atoms. The van der Waals surface area contributed by atoms with Gasteiger partial charge in [-0.15, -0.1) is 0 Å².